The van der Waals surface area contributed by atoms with E-state index in [1.165, 1.54) is 0 Å². The lowest BCUT2D eigenvalue weighted by molar-refractivity contribution is -0.126. The summed E-state index contributed by atoms with van der Waals surface area (Å²) in [5, 5.41) is 12.1. The number of hydrogen-bond donors (Lipinski definition) is 2. The maximum absolute atomic E-state index is 11.4. The number of aliphatic hydroxyl groups excluding tert-OH is 1. The molecule has 94 valence electrons. The third-order valence-corrected chi connectivity index (χ3v) is 2.83. The maximum atomic E-state index is 11.4. The van der Waals surface area contributed by atoms with Crippen LogP contribution in [0, 0.1) is 0 Å². The van der Waals surface area contributed by atoms with E-state index in [0.717, 1.165) is 4.47 Å². The van der Waals surface area contributed by atoms with Crippen molar-refractivity contribution < 1.29 is 14.6 Å². The first-order valence-corrected chi connectivity index (χ1v) is 6.10. The largest absolute Gasteiger partial charge is 0.481 e. The topological polar surface area (TPSA) is 58.6 Å². The highest BCUT2D eigenvalue weighted by molar-refractivity contribution is 9.10. The minimum Gasteiger partial charge on any atom is -0.481 e. The summed E-state index contributed by atoms with van der Waals surface area (Å²) < 4.78 is 6.38. The average molecular weight is 302 g/mol. The van der Waals surface area contributed by atoms with Crippen molar-refractivity contribution in [2.45, 2.75) is 26.1 Å². The van der Waals surface area contributed by atoms with E-state index in [0.29, 0.717) is 11.3 Å². The van der Waals surface area contributed by atoms with Gasteiger partial charge in [-0.1, -0.05) is 15.9 Å². The van der Waals surface area contributed by atoms with Crippen LogP contribution in [0.25, 0.3) is 0 Å². The van der Waals surface area contributed by atoms with Crippen molar-refractivity contribution in [2.75, 3.05) is 7.05 Å². The highest BCUT2D eigenvalue weighted by Gasteiger charge is 2.16. The minimum absolute atomic E-state index is 0.204. The molecule has 4 nitrogen and oxygen atoms in total. The van der Waals surface area contributed by atoms with E-state index in [1.54, 1.807) is 39.1 Å². The van der Waals surface area contributed by atoms with Crippen LogP contribution in [0.5, 0.6) is 5.75 Å². The zero-order valence-corrected chi connectivity index (χ0v) is 11.6. The lowest BCUT2D eigenvalue weighted by atomic mass is 10.1. The van der Waals surface area contributed by atoms with Crippen molar-refractivity contribution in [3.8, 4) is 5.75 Å². The van der Waals surface area contributed by atoms with Crippen molar-refractivity contribution in [1.82, 2.24) is 5.32 Å². The molecule has 1 aromatic carbocycles. The molecule has 0 aromatic heterocycles. The highest BCUT2D eigenvalue weighted by atomic mass is 79.9. The molecule has 0 aliphatic carbocycles. The molecule has 1 rings (SSSR count). The molecule has 0 bridgehead atoms. The molecule has 1 amide bonds. The van der Waals surface area contributed by atoms with Crippen LogP contribution in [0.3, 0.4) is 0 Å². The number of rotatable bonds is 4. The smallest absolute Gasteiger partial charge is 0.260 e. The molecule has 0 saturated carbocycles. The predicted molar refractivity (Wildman–Crippen MR) is 68.9 cm³/mol. The minimum atomic E-state index is -0.653. The second-order valence-electron chi connectivity index (χ2n) is 3.73. The Morgan fingerprint density at radius 2 is 2.12 bits per heavy atom. The van der Waals surface area contributed by atoms with Gasteiger partial charge in [-0.25, -0.2) is 0 Å². The summed E-state index contributed by atoms with van der Waals surface area (Å²) in [4.78, 5) is 11.4. The van der Waals surface area contributed by atoms with E-state index in [1.807, 2.05) is 0 Å². The molecule has 0 aliphatic heterocycles. The van der Waals surface area contributed by atoms with Gasteiger partial charge in [-0.3, -0.25) is 4.79 Å². The summed E-state index contributed by atoms with van der Waals surface area (Å²) >= 11 is 3.33. The number of hydrogen-bond acceptors (Lipinski definition) is 3. The Balaban J connectivity index is 2.94. The van der Waals surface area contributed by atoms with Crippen LogP contribution in [0.15, 0.2) is 22.7 Å². The Kier molecular flexibility index (Phi) is 4.96. The van der Waals surface area contributed by atoms with E-state index < -0.39 is 12.2 Å². The number of likely N-dealkylation sites (N-methyl/N-ethyl adjacent to an activating group) is 1. The first kappa shape index (κ1) is 14.0. The van der Waals surface area contributed by atoms with Gasteiger partial charge in [-0.2, -0.15) is 0 Å². The monoisotopic (exact) mass is 301 g/mol. The summed E-state index contributed by atoms with van der Waals surface area (Å²) in [6.07, 6.45) is -1.25. The fourth-order valence-corrected chi connectivity index (χ4v) is 1.78. The molecule has 5 heteroatoms. The predicted octanol–water partition coefficient (Wildman–Crippen LogP) is 2.02. The van der Waals surface area contributed by atoms with Crippen molar-refractivity contribution in [2.24, 2.45) is 0 Å². The Morgan fingerprint density at radius 1 is 1.47 bits per heavy atom. The van der Waals surface area contributed by atoms with Crippen LogP contribution in [0.2, 0.25) is 0 Å². The third kappa shape index (κ3) is 3.71. The van der Waals surface area contributed by atoms with Gasteiger partial charge in [0.15, 0.2) is 6.10 Å². The molecular weight excluding hydrogens is 286 g/mol. The van der Waals surface area contributed by atoms with Crippen molar-refractivity contribution in [3.63, 3.8) is 0 Å². The average Bonchev–Trinajstić information content (AvgIpc) is 2.29. The molecule has 1 unspecified atom stereocenters. The van der Waals surface area contributed by atoms with E-state index in [9.17, 15) is 9.90 Å². The zero-order chi connectivity index (χ0) is 13.0. The van der Waals surface area contributed by atoms with Gasteiger partial charge in [0, 0.05) is 17.1 Å². The first-order valence-electron chi connectivity index (χ1n) is 5.31. The lowest BCUT2D eigenvalue weighted by Gasteiger charge is -2.17. The Labute approximate surface area is 109 Å². The summed E-state index contributed by atoms with van der Waals surface area (Å²) in [5.41, 5.74) is 0.648. The van der Waals surface area contributed by atoms with Gasteiger partial charge in [-0.15, -0.1) is 0 Å². The second kappa shape index (κ2) is 6.02. The van der Waals surface area contributed by atoms with Crippen LogP contribution >= 0.6 is 15.9 Å². The maximum Gasteiger partial charge on any atom is 0.260 e. The third-order valence-electron chi connectivity index (χ3n) is 2.34. The Hall–Kier alpha value is -1.07. The molecule has 0 aliphatic rings. The van der Waals surface area contributed by atoms with Crippen LogP contribution in [-0.4, -0.2) is 24.2 Å². The number of ether oxygens (including phenoxy) is 1. The highest BCUT2D eigenvalue weighted by Crippen LogP contribution is 2.29. The molecule has 0 heterocycles. The van der Waals surface area contributed by atoms with Gasteiger partial charge in [0.1, 0.15) is 5.75 Å². The number of halogens is 1. The molecule has 0 spiro atoms. The second-order valence-corrected chi connectivity index (χ2v) is 4.65. The quantitative estimate of drug-likeness (QED) is 0.894. The molecule has 0 fully saturated rings. The van der Waals surface area contributed by atoms with Crippen molar-refractivity contribution in [1.29, 1.82) is 0 Å². The molecule has 0 radical (unpaired) electrons. The van der Waals surface area contributed by atoms with E-state index >= 15 is 0 Å². The van der Waals surface area contributed by atoms with Gasteiger partial charge in [0.05, 0.1) is 6.10 Å². The SMILES string of the molecule is CNC(=O)C(C)Oc1ccc(Br)cc1[C@@H](C)O. The van der Waals surface area contributed by atoms with Gasteiger partial charge in [-0.05, 0) is 32.0 Å². The normalized spacial score (nSPS) is 13.9. The summed E-state index contributed by atoms with van der Waals surface area (Å²) in [6, 6.07) is 5.31. The van der Waals surface area contributed by atoms with E-state index in [2.05, 4.69) is 21.2 Å². The summed E-state index contributed by atoms with van der Waals surface area (Å²) in [7, 11) is 1.55. The number of benzene rings is 1. The lowest BCUT2D eigenvalue weighted by Crippen LogP contribution is -2.34. The molecule has 2 atom stereocenters. The molecule has 1 aromatic rings. The zero-order valence-electron chi connectivity index (χ0n) is 10.0. The number of aliphatic hydroxyl groups is 1. The molecule has 17 heavy (non-hydrogen) atoms. The van der Waals surface area contributed by atoms with Crippen molar-refractivity contribution >= 4 is 21.8 Å². The first-order chi connectivity index (χ1) is 7.95. The number of carbonyl (C=O) groups excluding carboxylic acids is 1. The van der Waals surface area contributed by atoms with Crippen LogP contribution in [0.1, 0.15) is 25.5 Å². The number of carbonyl (C=O) groups is 1. The number of amides is 1. The fourth-order valence-electron chi connectivity index (χ4n) is 1.40. The molecular formula is C12H16BrNO3. The van der Waals surface area contributed by atoms with E-state index in [-0.39, 0.29) is 5.91 Å². The van der Waals surface area contributed by atoms with E-state index in [4.69, 9.17) is 4.74 Å². The molecule has 2 N–H and O–H groups in total. The van der Waals surface area contributed by atoms with Gasteiger partial charge >= 0.3 is 0 Å². The van der Waals surface area contributed by atoms with Crippen LogP contribution < -0.4 is 10.1 Å². The summed E-state index contributed by atoms with van der Waals surface area (Å²) in [5.74, 6) is 0.309. The Morgan fingerprint density at radius 3 is 2.65 bits per heavy atom. The molecule has 0 saturated heterocycles. The van der Waals surface area contributed by atoms with Gasteiger partial charge in [0.25, 0.3) is 5.91 Å². The van der Waals surface area contributed by atoms with Gasteiger partial charge in [0.2, 0.25) is 0 Å². The van der Waals surface area contributed by atoms with Crippen LogP contribution in [-0.2, 0) is 4.79 Å². The standard InChI is InChI=1S/C12H16BrNO3/c1-7(15)10-6-9(13)4-5-11(10)17-8(2)12(16)14-3/h4-8,15H,1-3H3,(H,14,16)/t7-,8?/m1/s1. The van der Waals surface area contributed by atoms with Crippen molar-refractivity contribution in [3.05, 3.63) is 28.2 Å². The number of nitrogens with one attached hydrogen (secondary N) is 1. The summed E-state index contributed by atoms with van der Waals surface area (Å²) in [6.45, 7) is 3.31. The Bertz CT molecular complexity index is 407. The van der Waals surface area contributed by atoms with Crippen LogP contribution in [0.4, 0.5) is 0 Å². The van der Waals surface area contributed by atoms with Gasteiger partial charge < -0.3 is 15.2 Å². The fraction of sp³-hybridized carbons (Fsp3) is 0.417.